The zero-order valence-electron chi connectivity index (χ0n) is 9.48. The first kappa shape index (κ1) is 14.8. The molecule has 0 amide bonds. The number of methoxy groups -OCH3 is 1. The van der Waals surface area contributed by atoms with E-state index < -0.39 is 25.4 Å². The normalized spacial score (nSPS) is 13.5. The smallest absolute Gasteiger partial charge is 0.355 e. The summed E-state index contributed by atoms with van der Waals surface area (Å²) in [7, 11) is -3.43. The Kier molecular flexibility index (Phi) is 5.00. The number of aromatic amines is 1. The number of phosphoric ester groups is 1. The number of ether oxygens (including phenoxy) is 1. The van der Waals surface area contributed by atoms with Crippen LogP contribution in [0.5, 0.6) is 0 Å². The molecule has 3 N–H and O–H groups in total. The Balaban J connectivity index is 2.66. The van der Waals surface area contributed by atoms with Gasteiger partial charge in [0.15, 0.2) is 6.29 Å². The highest BCUT2D eigenvalue weighted by Crippen LogP contribution is 2.38. The number of phosphoric acid groups is 1. The Hall–Kier alpha value is -1.25. The van der Waals surface area contributed by atoms with Gasteiger partial charge in [0.2, 0.25) is 0 Å². The number of hydrogen-bond acceptors (Lipinski definition) is 5. The molecule has 0 spiro atoms. The third-order valence-corrected chi connectivity index (χ3v) is 2.53. The molecule has 0 saturated heterocycles. The lowest BCUT2D eigenvalue weighted by molar-refractivity contribution is -0.0747. The van der Waals surface area contributed by atoms with Crippen LogP contribution in [0.4, 0.5) is 0 Å². The van der Waals surface area contributed by atoms with E-state index in [1.54, 1.807) is 0 Å². The first-order valence-electron chi connectivity index (χ1n) is 4.88. The second-order valence-electron chi connectivity index (χ2n) is 3.35. The number of aryl methyl sites for hydroxylation is 1. The Morgan fingerprint density at radius 1 is 1.50 bits per heavy atom. The Morgan fingerprint density at radius 3 is 2.67 bits per heavy atom. The first-order valence-corrected chi connectivity index (χ1v) is 6.41. The van der Waals surface area contributed by atoms with Crippen LogP contribution < -0.4 is 11.2 Å². The van der Waals surface area contributed by atoms with E-state index in [-0.39, 0.29) is 13.0 Å². The highest BCUT2D eigenvalue weighted by Gasteiger charge is 2.21. The van der Waals surface area contributed by atoms with Gasteiger partial charge < -0.3 is 19.1 Å². The van der Waals surface area contributed by atoms with Crippen molar-refractivity contribution in [3.63, 3.8) is 0 Å². The van der Waals surface area contributed by atoms with Crippen LogP contribution in [0.1, 0.15) is 6.42 Å². The molecule has 9 nitrogen and oxygen atoms in total. The Labute approximate surface area is 101 Å². The van der Waals surface area contributed by atoms with Gasteiger partial charge in [0.1, 0.15) is 0 Å². The minimum absolute atomic E-state index is 0.0353. The van der Waals surface area contributed by atoms with Gasteiger partial charge in [0.05, 0.1) is 0 Å². The molecule has 0 radical (unpaired) electrons. The maximum atomic E-state index is 11.3. The lowest BCUT2D eigenvalue weighted by atomic mass is 10.4. The molecule has 0 fully saturated rings. The molecule has 0 aromatic carbocycles. The van der Waals surface area contributed by atoms with Crippen molar-refractivity contribution in [2.24, 2.45) is 0 Å². The summed E-state index contributed by atoms with van der Waals surface area (Å²) in [6.45, 7) is 0.0775. The molecule has 0 aliphatic heterocycles. The van der Waals surface area contributed by atoms with Crippen molar-refractivity contribution < 1.29 is 23.6 Å². The van der Waals surface area contributed by atoms with Crippen molar-refractivity contribution in [1.29, 1.82) is 0 Å². The zero-order chi connectivity index (χ0) is 13.8. The number of hydrogen-bond donors (Lipinski definition) is 3. The van der Waals surface area contributed by atoms with E-state index in [0.717, 1.165) is 10.6 Å². The van der Waals surface area contributed by atoms with Gasteiger partial charge in [-0.3, -0.25) is 14.3 Å². The fourth-order valence-electron chi connectivity index (χ4n) is 1.23. The van der Waals surface area contributed by atoms with Crippen LogP contribution in [0.2, 0.25) is 0 Å². The maximum absolute atomic E-state index is 11.3. The van der Waals surface area contributed by atoms with Crippen molar-refractivity contribution >= 4 is 7.82 Å². The van der Waals surface area contributed by atoms with Gasteiger partial charge in [0, 0.05) is 32.3 Å². The van der Waals surface area contributed by atoms with E-state index in [9.17, 15) is 14.2 Å². The predicted molar refractivity (Wildman–Crippen MR) is 59.9 cm³/mol. The minimum atomic E-state index is -4.65. The van der Waals surface area contributed by atoms with Gasteiger partial charge in [-0.15, -0.1) is 0 Å². The number of nitrogens with one attached hydrogen (secondary N) is 1. The van der Waals surface area contributed by atoms with Crippen molar-refractivity contribution in [2.75, 3.05) is 7.11 Å². The molecule has 0 saturated carbocycles. The number of nitrogens with zero attached hydrogens (tertiary/aromatic N) is 1. The van der Waals surface area contributed by atoms with Crippen LogP contribution in [0.3, 0.4) is 0 Å². The third-order valence-electron chi connectivity index (χ3n) is 2.02. The van der Waals surface area contributed by atoms with Crippen LogP contribution in [0.15, 0.2) is 21.9 Å². The molecule has 1 heterocycles. The highest BCUT2D eigenvalue weighted by atomic mass is 31.2. The fourth-order valence-corrected chi connectivity index (χ4v) is 1.73. The predicted octanol–water partition coefficient (Wildman–Crippen LogP) is -0.991. The van der Waals surface area contributed by atoms with Crippen molar-refractivity contribution in [1.82, 2.24) is 9.55 Å². The summed E-state index contributed by atoms with van der Waals surface area (Å²) in [5, 5.41) is 0. The minimum Gasteiger partial charge on any atom is -0.355 e. The highest BCUT2D eigenvalue weighted by molar-refractivity contribution is 7.46. The van der Waals surface area contributed by atoms with E-state index in [1.165, 1.54) is 13.3 Å². The molecule has 10 heteroatoms. The molecule has 0 aliphatic rings. The molecule has 1 rings (SSSR count). The van der Waals surface area contributed by atoms with Crippen LogP contribution in [0.25, 0.3) is 0 Å². The fraction of sp³-hybridized carbons (Fsp3) is 0.500. The van der Waals surface area contributed by atoms with E-state index in [4.69, 9.17) is 14.5 Å². The summed E-state index contributed by atoms with van der Waals surface area (Å²) in [6, 6.07) is 1.16. The third kappa shape index (κ3) is 4.94. The van der Waals surface area contributed by atoms with Gasteiger partial charge in [0.25, 0.3) is 5.56 Å². The summed E-state index contributed by atoms with van der Waals surface area (Å²) in [4.78, 5) is 41.3. The topological polar surface area (TPSA) is 131 Å². The lowest BCUT2D eigenvalue weighted by Crippen LogP contribution is -2.30. The average molecular weight is 280 g/mol. The molecule has 1 aromatic heterocycles. The lowest BCUT2D eigenvalue weighted by Gasteiger charge is -2.16. The van der Waals surface area contributed by atoms with E-state index in [1.807, 2.05) is 4.98 Å². The maximum Gasteiger partial charge on any atom is 0.471 e. The summed E-state index contributed by atoms with van der Waals surface area (Å²) < 4.78 is 20.8. The monoisotopic (exact) mass is 280 g/mol. The molecular weight excluding hydrogens is 267 g/mol. The molecule has 0 aliphatic carbocycles. The van der Waals surface area contributed by atoms with Crippen LogP contribution in [-0.4, -0.2) is 32.7 Å². The summed E-state index contributed by atoms with van der Waals surface area (Å²) in [6.07, 6.45) is 0.156. The van der Waals surface area contributed by atoms with Crippen molar-refractivity contribution in [3.8, 4) is 0 Å². The van der Waals surface area contributed by atoms with Crippen LogP contribution >= 0.6 is 7.82 Å². The zero-order valence-corrected chi connectivity index (χ0v) is 10.4. The molecule has 18 heavy (non-hydrogen) atoms. The van der Waals surface area contributed by atoms with E-state index in [2.05, 4.69) is 4.52 Å². The first-order chi connectivity index (χ1) is 8.31. The van der Waals surface area contributed by atoms with Crippen LogP contribution in [-0.2, 0) is 20.4 Å². The average Bonchev–Trinajstić information content (AvgIpc) is 2.24. The summed E-state index contributed by atoms with van der Waals surface area (Å²) in [5.41, 5.74) is -1.14. The van der Waals surface area contributed by atoms with Crippen molar-refractivity contribution in [3.05, 3.63) is 33.1 Å². The summed E-state index contributed by atoms with van der Waals surface area (Å²) >= 11 is 0. The number of H-pyrrole nitrogens is 1. The molecule has 0 bridgehead atoms. The Morgan fingerprint density at radius 2 is 2.17 bits per heavy atom. The van der Waals surface area contributed by atoms with Gasteiger partial charge in [-0.1, -0.05) is 0 Å². The van der Waals surface area contributed by atoms with Gasteiger partial charge >= 0.3 is 13.5 Å². The largest absolute Gasteiger partial charge is 0.471 e. The molecular formula is C8H13N2O7P. The molecule has 0 unspecified atom stereocenters. The molecule has 1 atom stereocenters. The quantitative estimate of drug-likeness (QED) is 0.450. The standard InChI is InChI=1S/C8H13N2O7P/c1-16-7(17-18(13,14)15)3-5-10-4-2-6(11)9-8(10)12/h2,4,7H,3,5H2,1H3,(H,9,11,12)(H2,13,14,15)/t7-/m1/s1. The van der Waals surface area contributed by atoms with Crippen molar-refractivity contribution in [2.45, 2.75) is 19.3 Å². The van der Waals surface area contributed by atoms with Crippen LogP contribution in [0, 0.1) is 0 Å². The molecule has 1 aromatic rings. The SMILES string of the molecule is CO[C@@H](CCn1ccc(=O)[nH]c1=O)OP(=O)(O)O. The number of rotatable bonds is 6. The number of aromatic nitrogens is 2. The van der Waals surface area contributed by atoms with Gasteiger partial charge in [-0.25, -0.2) is 9.36 Å². The second-order valence-corrected chi connectivity index (χ2v) is 4.55. The summed E-state index contributed by atoms with van der Waals surface area (Å²) in [5.74, 6) is 0. The van der Waals surface area contributed by atoms with Gasteiger partial charge in [-0.2, -0.15) is 0 Å². The van der Waals surface area contributed by atoms with Gasteiger partial charge in [-0.05, 0) is 0 Å². The van der Waals surface area contributed by atoms with E-state index in [0.29, 0.717) is 0 Å². The molecule has 102 valence electrons. The van der Waals surface area contributed by atoms with E-state index >= 15 is 0 Å². The Bertz CT molecular complexity index is 545. The second kappa shape index (κ2) is 6.07.